The number of para-hydroxylation sites is 1. The van der Waals surface area contributed by atoms with E-state index < -0.39 is 5.66 Å². The second-order valence-electron chi connectivity index (χ2n) is 7.12. The van der Waals surface area contributed by atoms with E-state index >= 15 is 0 Å². The van der Waals surface area contributed by atoms with Crippen LogP contribution in [-0.4, -0.2) is 23.8 Å². The molecule has 2 amide bonds. The Morgan fingerprint density at radius 3 is 2.48 bits per heavy atom. The molecule has 0 bridgehead atoms. The van der Waals surface area contributed by atoms with Crippen LogP contribution in [0.2, 0.25) is 0 Å². The molecular formula is C23H19N3O3. The van der Waals surface area contributed by atoms with Crippen molar-refractivity contribution < 1.29 is 14.3 Å². The lowest BCUT2D eigenvalue weighted by Crippen LogP contribution is -2.60. The van der Waals surface area contributed by atoms with Crippen LogP contribution in [0.3, 0.4) is 0 Å². The summed E-state index contributed by atoms with van der Waals surface area (Å²) in [5, 5.41) is 6.29. The SMILES string of the molecule is COc1ccc2c(c1)[C@]1(Nc3ccccc3C(=O)N1Cc1ccccc1)C(=O)N2. The Balaban J connectivity index is 1.73. The van der Waals surface area contributed by atoms with Crippen LogP contribution in [0.1, 0.15) is 21.5 Å². The van der Waals surface area contributed by atoms with Crippen LogP contribution in [0, 0.1) is 0 Å². The number of carbonyl (C=O) groups excluding carboxylic acids is 2. The zero-order valence-electron chi connectivity index (χ0n) is 15.8. The van der Waals surface area contributed by atoms with Crippen molar-refractivity contribution in [2.24, 2.45) is 0 Å². The summed E-state index contributed by atoms with van der Waals surface area (Å²) in [7, 11) is 1.58. The number of rotatable bonds is 3. The van der Waals surface area contributed by atoms with Crippen molar-refractivity contribution in [2.45, 2.75) is 12.2 Å². The maximum atomic E-state index is 13.6. The highest BCUT2D eigenvalue weighted by Gasteiger charge is 2.56. The third kappa shape index (κ3) is 2.49. The highest BCUT2D eigenvalue weighted by atomic mass is 16.5. The van der Waals surface area contributed by atoms with E-state index in [1.54, 1.807) is 36.3 Å². The average molecular weight is 385 g/mol. The molecule has 1 atom stereocenters. The van der Waals surface area contributed by atoms with Crippen LogP contribution < -0.4 is 15.4 Å². The topological polar surface area (TPSA) is 70.7 Å². The molecule has 2 heterocycles. The van der Waals surface area contributed by atoms with Crippen molar-refractivity contribution in [3.05, 3.63) is 89.5 Å². The maximum absolute atomic E-state index is 13.6. The number of benzene rings is 3. The minimum absolute atomic E-state index is 0.200. The first-order valence-corrected chi connectivity index (χ1v) is 9.36. The number of methoxy groups -OCH3 is 1. The summed E-state index contributed by atoms with van der Waals surface area (Å²) in [6.07, 6.45) is 0. The predicted octanol–water partition coefficient (Wildman–Crippen LogP) is 3.57. The number of carbonyl (C=O) groups is 2. The molecule has 2 aliphatic rings. The first-order chi connectivity index (χ1) is 14.1. The summed E-state index contributed by atoms with van der Waals surface area (Å²) in [5.41, 5.74) is 2.08. The molecule has 0 saturated carbocycles. The summed E-state index contributed by atoms with van der Waals surface area (Å²) in [4.78, 5) is 28.5. The molecule has 0 fully saturated rings. The molecular weight excluding hydrogens is 366 g/mol. The molecule has 0 aliphatic carbocycles. The Morgan fingerprint density at radius 2 is 1.69 bits per heavy atom. The quantitative estimate of drug-likeness (QED) is 0.723. The van der Waals surface area contributed by atoms with Gasteiger partial charge in [0.15, 0.2) is 0 Å². The summed E-state index contributed by atoms with van der Waals surface area (Å²) < 4.78 is 5.39. The lowest BCUT2D eigenvalue weighted by atomic mass is 9.92. The van der Waals surface area contributed by atoms with E-state index in [0.29, 0.717) is 28.3 Å². The second-order valence-corrected chi connectivity index (χ2v) is 7.12. The fourth-order valence-corrected chi connectivity index (χ4v) is 4.08. The van der Waals surface area contributed by atoms with Crippen LogP contribution in [0.4, 0.5) is 11.4 Å². The summed E-state index contributed by atoms with van der Waals surface area (Å²) in [5.74, 6) is 0.126. The standard InChI is InChI=1S/C23H19N3O3/c1-29-16-11-12-20-18(13-16)23(22(28)24-20)25-19-10-6-5-9-17(19)21(27)26(23)14-15-7-3-2-4-8-15/h2-13,25H,14H2,1H3,(H,24,28)/t23-/m1/s1. The Kier molecular flexibility index (Phi) is 3.81. The van der Waals surface area contributed by atoms with Gasteiger partial charge < -0.3 is 15.4 Å². The highest BCUT2D eigenvalue weighted by molar-refractivity contribution is 6.14. The number of nitrogens with one attached hydrogen (secondary N) is 2. The Labute approximate surface area is 168 Å². The van der Waals surface area contributed by atoms with Crippen molar-refractivity contribution in [2.75, 3.05) is 17.7 Å². The molecule has 3 aromatic carbocycles. The Bertz CT molecular complexity index is 1130. The van der Waals surface area contributed by atoms with Crippen molar-refractivity contribution in [1.29, 1.82) is 0 Å². The van der Waals surface area contributed by atoms with Crippen LogP contribution >= 0.6 is 0 Å². The first-order valence-electron chi connectivity index (χ1n) is 9.36. The maximum Gasteiger partial charge on any atom is 0.276 e. The molecule has 1 spiro atoms. The Hall–Kier alpha value is -3.80. The Morgan fingerprint density at radius 1 is 0.931 bits per heavy atom. The molecule has 144 valence electrons. The summed E-state index contributed by atoms with van der Waals surface area (Å²) in [6.45, 7) is 0.283. The lowest BCUT2D eigenvalue weighted by Gasteiger charge is -2.44. The number of ether oxygens (including phenoxy) is 1. The molecule has 6 nitrogen and oxygen atoms in total. The third-order valence-electron chi connectivity index (χ3n) is 5.50. The van der Waals surface area contributed by atoms with E-state index in [2.05, 4.69) is 10.6 Å². The van der Waals surface area contributed by atoms with Gasteiger partial charge in [-0.05, 0) is 35.9 Å². The van der Waals surface area contributed by atoms with E-state index in [9.17, 15) is 9.59 Å². The average Bonchev–Trinajstić information content (AvgIpc) is 3.03. The van der Waals surface area contributed by atoms with E-state index in [0.717, 1.165) is 5.56 Å². The van der Waals surface area contributed by atoms with E-state index in [4.69, 9.17) is 4.74 Å². The van der Waals surface area contributed by atoms with Gasteiger partial charge in [-0.25, -0.2) is 0 Å². The van der Waals surface area contributed by atoms with Crippen molar-refractivity contribution >= 4 is 23.2 Å². The molecule has 2 aliphatic heterocycles. The molecule has 29 heavy (non-hydrogen) atoms. The fourth-order valence-electron chi connectivity index (χ4n) is 4.08. The zero-order valence-corrected chi connectivity index (χ0v) is 15.8. The molecule has 3 aromatic rings. The first kappa shape index (κ1) is 17.3. The molecule has 0 aromatic heterocycles. The van der Waals surface area contributed by atoms with Gasteiger partial charge in [-0.3, -0.25) is 14.5 Å². The van der Waals surface area contributed by atoms with Crippen LogP contribution in [-0.2, 0) is 17.0 Å². The molecule has 5 rings (SSSR count). The number of amides is 2. The molecule has 2 N–H and O–H groups in total. The van der Waals surface area contributed by atoms with Crippen molar-refractivity contribution in [3.63, 3.8) is 0 Å². The third-order valence-corrected chi connectivity index (χ3v) is 5.50. The van der Waals surface area contributed by atoms with Crippen LogP contribution in [0.15, 0.2) is 72.8 Å². The fraction of sp³-hybridized carbons (Fsp3) is 0.130. The normalized spacial score (nSPS) is 19.4. The van der Waals surface area contributed by atoms with Gasteiger partial charge in [0.05, 0.1) is 12.7 Å². The van der Waals surface area contributed by atoms with Gasteiger partial charge in [-0.2, -0.15) is 0 Å². The smallest absolute Gasteiger partial charge is 0.276 e. The van der Waals surface area contributed by atoms with Gasteiger partial charge >= 0.3 is 0 Å². The molecule has 0 unspecified atom stereocenters. The molecule has 0 radical (unpaired) electrons. The number of hydrogen-bond acceptors (Lipinski definition) is 4. The zero-order chi connectivity index (χ0) is 20.0. The molecule has 6 heteroatoms. The van der Waals surface area contributed by atoms with Gasteiger partial charge in [0, 0.05) is 23.5 Å². The van der Waals surface area contributed by atoms with Gasteiger partial charge in [0.25, 0.3) is 11.8 Å². The summed E-state index contributed by atoms with van der Waals surface area (Å²) >= 11 is 0. The lowest BCUT2D eigenvalue weighted by molar-refractivity contribution is -0.125. The van der Waals surface area contributed by atoms with E-state index in [-0.39, 0.29) is 18.4 Å². The largest absolute Gasteiger partial charge is 0.497 e. The minimum Gasteiger partial charge on any atom is -0.497 e. The number of anilines is 2. The van der Waals surface area contributed by atoms with Gasteiger partial charge in [0.2, 0.25) is 5.66 Å². The molecule has 0 saturated heterocycles. The van der Waals surface area contributed by atoms with Gasteiger partial charge in [-0.1, -0.05) is 42.5 Å². The van der Waals surface area contributed by atoms with E-state index in [1.807, 2.05) is 48.5 Å². The number of hydrogen-bond donors (Lipinski definition) is 2. The van der Waals surface area contributed by atoms with Crippen LogP contribution in [0.5, 0.6) is 5.75 Å². The van der Waals surface area contributed by atoms with Crippen molar-refractivity contribution in [3.8, 4) is 5.75 Å². The number of nitrogens with zero attached hydrogens (tertiary/aromatic N) is 1. The van der Waals surface area contributed by atoms with Gasteiger partial charge in [0.1, 0.15) is 5.75 Å². The monoisotopic (exact) mass is 385 g/mol. The highest BCUT2D eigenvalue weighted by Crippen LogP contribution is 2.46. The predicted molar refractivity (Wildman–Crippen MR) is 110 cm³/mol. The number of fused-ring (bicyclic) bond motifs is 3. The van der Waals surface area contributed by atoms with Gasteiger partial charge in [-0.15, -0.1) is 0 Å². The summed E-state index contributed by atoms with van der Waals surface area (Å²) in [6, 6.07) is 22.3. The second kappa shape index (κ2) is 6.38. The van der Waals surface area contributed by atoms with E-state index in [1.165, 1.54) is 0 Å². The minimum atomic E-state index is -1.36. The van der Waals surface area contributed by atoms with Crippen molar-refractivity contribution in [1.82, 2.24) is 4.90 Å². The van der Waals surface area contributed by atoms with Crippen LogP contribution in [0.25, 0.3) is 0 Å².